The van der Waals surface area contributed by atoms with Gasteiger partial charge in [0.05, 0.1) is 12.7 Å². The number of nitrogens with one attached hydrogen (secondary N) is 1. The number of hydrogen-bond donors (Lipinski definition) is 1. The average Bonchev–Trinajstić information content (AvgIpc) is 3.01. The van der Waals surface area contributed by atoms with E-state index in [1.807, 2.05) is 0 Å². The maximum atomic E-state index is 5.97. The number of likely N-dealkylation sites (N-methyl/N-ethyl adjacent to an activating group) is 1. The number of morpholine rings is 1. The molecular weight excluding hydrogens is 260 g/mol. The smallest absolute Gasteiger partial charge is 0.0731 e. The molecule has 1 N–H and O–H groups in total. The highest BCUT2D eigenvalue weighted by Gasteiger charge is 2.39. The van der Waals surface area contributed by atoms with Crippen LogP contribution in [0.1, 0.15) is 44.7 Å². The molecule has 1 heterocycles. The predicted octanol–water partition coefficient (Wildman–Crippen LogP) is 2.98. The first kappa shape index (κ1) is 15.0. The Balaban J connectivity index is 1.78. The molecule has 0 aromatic heterocycles. The minimum atomic E-state index is 0.399. The van der Waals surface area contributed by atoms with E-state index in [1.54, 1.807) is 0 Å². The van der Waals surface area contributed by atoms with Crippen molar-refractivity contribution in [3.63, 3.8) is 0 Å². The van der Waals surface area contributed by atoms with Crippen LogP contribution in [0.5, 0.6) is 0 Å². The van der Waals surface area contributed by atoms with E-state index in [2.05, 4.69) is 54.4 Å². The van der Waals surface area contributed by atoms with Gasteiger partial charge in [-0.3, -0.25) is 4.90 Å². The van der Waals surface area contributed by atoms with Gasteiger partial charge in [0.1, 0.15) is 0 Å². The molecule has 2 fully saturated rings. The molecule has 21 heavy (non-hydrogen) atoms. The summed E-state index contributed by atoms with van der Waals surface area (Å²) in [6, 6.07) is 12.4. The van der Waals surface area contributed by atoms with E-state index in [-0.39, 0.29) is 0 Å². The van der Waals surface area contributed by atoms with Crippen LogP contribution in [0, 0.1) is 0 Å². The van der Waals surface area contributed by atoms with Crippen LogP contribution in [0.2, 0.25) is 0 Å². The van der Waals surface area contributed by atoms with Gasteiger partial charge in [-0.05, 0) is 38.3 Å². The number of hydrogen-bond acceptors (Lipinski definition) is 3. The lowest BCUT2D eigenvalue weighted by Crippen LogP contribution is -2.55. The van der Waals surface area contributed by atoms with Gasteiger partial charge in [0, 0.05) is 24.7 Å². The molecule has 0 amide bonds. The van der Waals surface area contributed by atoms with Gasteiger partial charge in [-0.25, -0.2) is 0 Å². The third-order valence-electron chi connectivity index (χ3n) is 5.11. The van der Waals surface area contributed by atoms with Crippen molar-refractivity contribution in [2.24, 2.45) is 0 Å². The highest BCUT2D eigenvalue weighted by Crippen LogP contribution is 2.33. The van der Waals surface area contributed by atoms with Gasteiger partial charge >= 0.3 is 0 Å². The van der Waals surface area contributed by atoms with Crippen molar-refractivity contribution < 1.29 is 4.74 Å². The lowest BCUT2D eigenvalue weighted by Gasteiger charge is -2.44. The lowest BCUT2D eigenvalue weighted by molar-refractivity contribution is -0.0741. The third kappa shape index (κ3) is 3.15. The van der Waals surface area contributed by atoms with Crippen LogP contribution in [-0.2, 0) is 4.74 Å². The summed E-state index contributed by atoms with van der Waals surface area (Å²) in [7, 11) is 0. The van der Waals surface area contributed by atoms with E-state index < -0.39 is 0 Å². The van der Waals surface area contributed by atoms with E-state index in [1.165, 1.54) is 24.8 Å². The minimum Gasteiger partial charge on any atom is -0.375 e. The van der Waals surface area contributed by atoms with Gasteiger partial charge in [0.2, 0.25) is 0 Å². The Morgan fingerprint density at radius 3 is 2.86 bits per heavy atom. The molecule has 1 aliphatic carbocycles. The van der Waals surface area contributed by atoms with Crippen molar-refractivity contribution >= 4 is 0 Å². The zero-order valence-electron chi connectivity index (χ0n) is 13.3. The van der Waals surface area contributed by atoms with Gasteiger partial charge < -0.3 is 10.1 Å². The molecule has 1 saturated heterocycles. The van der Waals surface area contributed by atoms with Crippen molar-refractivity contribution in [2.75, 3.05) is 19.7 Å². The summed E-state index contributed by atoms with van der Waals surface area (Å²) >= 11 is 0. The van der Waals surface area contributed by atoms with Gasteiger partial charge in [-0.15, -0.1) is 0 Å². The molecule has 2 aliphatic rings. The van der Waals surface area contributed by atoms with E-state index in [0.29, 0.717) is 24.2 Å². The SMILES string of the molecule is CCNC(c1ccccc1)C(C)N1CCOC2CCCC21. The fraction of sp³-hybridized carbons (Fsp3) is 0.667. The van der Waals surface area contributed by atoms with Crippen molar-refractivity contribution in [2.45, 2.75) is 57.3 Å². The maximum absolute atomic E-state index is 5.97. The van der Waals surface area contributed by atoms with Crippen LogP contribution in [0.25, 0.3) is 0 Å². The first-order valence-electron chi connectivity index (χ1n) is 8.47. The lowest BCUT2D eigenvalue weighted by atomic mass is 9.96. The second-order valence-electron chi connectivity index (χ2n) is 6.33. The van der Waals surface area contributed by atoms with E-state index in [4.69, 9.17) is 4.74 Å². The van der Waals surface area contributed by atoms with Crippen LogP contribution in [0.15, 0.2) is 30.3 Å². The summed E-state index contributed by atoms with van der Waals surface area (Å²) in [4.78, 5) is 2.70. The normalized spacial score (nSPS) is 29.0. The second-order valence-corrected chi connectivity index (χ2v) is 6.33. The Kier molecular flexibility index (Phi) is 4.94. The summed E-state index contributed by atoms with van der Waals surface area (Å²) < 4.78 is 5.97. The Morgan fingerprint density at radius 2 is 2.10 bits per heavy atom. The Morgan fingerprint density at radius 1 is 1.29 bits per heavy atom. The van der Waals surface area contributed by atoms with Gasteiger partial charge in [-0.1, -0.05) is 37.3 Å². The molecule has 116 valence electrons. The number of rotatable bonds is 5. The van der Waals surface area contributed by atoms with Crippen molar-refractivity contribution in [3.8, 4) is 0 Å². The maximum Gasteiger partial charge on any atom is 0.0731 e. The molecule has 1 aliphatic heterocycles. The average molecular weight is 288 g/mol. The fourth-order valence-electron chi connectivity index (χ4n) is 4.10. The monoisotopic (exact) mass is 288 g/mol. The first-order chi connectivity index (χ1) is 10.3. The van der Waals surface area contributed by atoms with Gasteiger partial charge in [-0.2, -0.15) is 0 Å². The number of fused-ring (bicyclic) bond motifs is 1. The molecule has 1 aromatic carbocycles. The van der Waals surface area contributed by atoms with E-state index in [0.717, 1.165) is 19.7 Å². The van der Waals surface area contributed by atoms with Crippen molar-refractivity contribution in [1.82, 2.24) is 10.2 Å². The molecule has 0 spiro atoms. The van der Waals surface area contributed by atoms with Crippen LogP contribution in [-0.4, -0.2) is 42.8 Å². The number of nitrogens with zero attached hydrogens (tertiary/aromatic N) is 1. The highest BCUT2D eigenvalue weighted by molar-refractivity contribution is 5.21. The zero-order valence-corrected chi connectivity index (χ0v) is 13.3. The third-order valence-corrected chi connectivity index (χ3v) is 5.11. The van der Waals surface area contributed by atoms with Crippen LogP contribution in [0.4, 0.5) is 0 Å². The molecular formula is C18H28N2O. The highest BCUT2D eigenvalue weighted by atomic mass is 16.5. The largest absolute Gasteiger partial charge is 0.375 e. The fourth-order valence-corrected chi connectivity index (χ4v) is 4.10. The molecule has 3 nitrogen and oxygen atoms in total. The molecule has 4 unspecified atom stereocenters. The summed E-state index contributed by atoms with van der Waals surface area (Å²) in [5.41, 5.74) is 1.40. The Bertz CT molecular complexity index is 436. The second kappa shape index (κ2) is 6.91. The van der Waals surface area contributed by atoms with Gasteiger partial charge in [0.15, 0.2) is 0 Å². The first-order valence-corrected chi connectivity index (χ1v) is 8.47. The minimum absolute atomic E-state index is 0.399. The summed E-state index contributed by atoms with van der Waals surface area (Å²) in [5, 5.41) is 3.69. The standard InChI is InChI=1S/C18H28N2O/c1-3-19-18(15-8-5-4-6-9-15)14(2)20-12-13-21-17-11-7-10-16(17)20/h4-6,8-9,14,16-19H,3,7,10-13H2,1-2H3. The Labute approximate surface area is 128 Å². The topological polar surface area (TPSA) is 24.5 Å². The summed E-state index contributed by atoms with van der Waals surface area (Å²) in [5.74, 6) is 0. The summed E-state index contributed by atoms with van der Waals surface area (Å²) in [6.07, 6.45) is 4.32. The number of benzene rings is 1. The molecule has 3 rings (SSSR count). The number of ether oxygens (including phenoxy) is 1. The predicted molar refractivity (Wildman–Crippen MR) is 86.4 cm³/mol. The van der Waals surface area contributed by atoms with E-state index in [9.17, 15) is 0 Å². The molecule has 0 bridgehead atoms. The Hall–Kier alpha value is -0.900. The van der Waals surface area contributed by atoms with Crippen LogP contribution in [0.3, 0.4) is 0 Å². The molecule has 4 atom stereocenters. The zero-order chi connectivity index (χ0) is 14.7. The molecule has 3 heteroatoms. The van der Waals surface area contributed by atoms with Crippen LogP contribution >= 0.6 is 0 Å². The molecule has 1 aromatic rings. The van der Waals surface area contributed by atoms with Gasteiger partial charge in [0.25, 0.3) is 0 Å². The van der Waals surface area contributed by atoms with Crippen LogP contribution < -0.4 is 5.32 Å². The summed E-state index contributed by atoms with van der Waals surface area (Å²) in [6.45, 7) is 7.53. The molecule has 0 radical (unpaired) electrons. The molecule has 1 saturated carbocycles. The van der Waals surface area contributed by atoms with Crippen molar-refractivity contribution in [1.29, 1.82) is 0 Å². The van der Waals surface area contributed by atoms with Crippen molar-refractivity contribution in [3.05, 3.63) is 35.9 Å². The quantitative estimate of drug-likeness (QED) is 0.901. The van der Waals surface area contributed by atoms with E-state index >= 15 is 0 Å².